The number of anilines is 3. The van der Waals surface area contributed by atoms with Gasteiger partial charge in [-0.1, -0.05) is 0 Å². The Morgan fingerprint density at radius 3 is 2.00 bits per heavy atom. The van der Waals surface area contributed by atoms with Crippen LogP contribution in [0.1, 0.15) is 6.92 Å². The highest BCUT2D eigenvalue weighted by atomic mass is 16.5. The zero-order valence-corrected chi connectivity index (χ0v) is 9.81. The van der Waals surface area contributed by atoms with Gasteiger partial charge in [0.1, 0.15) is 5.75 Å². The molecule has 0 aromatic heterocycles. The molecule has 0 radical (unpaired) electrons. The highest BCUT2D eigenvalue weighted by Crippen LogP contribution is 2.20. The molecule has 0 saturated carbocycles. The van der Waals surface area contributed by atoms with Crippen LogP contribution in [-0.2, 0) is 0 Å². The minimum absolute atomic E-state index is 0.685. The number of hydrogen-bond donors (Lipinski definition) is 2. The maximum Gasteiger partial charge on any atom is 0.119 e. The number of ether oxygens (including phenoxy) is 1. The number of hydrogen-bond acceptors (Lipinski definition) is 3. The zero-order valence-electron chi connectivity index (χ0n) is 9.81. The summed E-state index contributed by atoms with van der Waals surface area (Å²) in [5.74, 6) is 0.885. The van der Waals surface area contributed by atoms with Crippen LogP contribution in [0, 0.1) is 0 Å². The van der Waals surface area contributed by atoms with Crippen LogP contribution in [0.25, 0.3) is 0 Å². The van der Waals surface area contributed by atoms with E-state index in [1.54, 1.807) is 0 Å². The molecule has 0 aliphatic carbocycles. The van der Waals surface area contributed by atoms with Gasteiger partial charge in [0.15, 0.2) is 0 Å². The summed E-state index contributed by atoms with van der Waals surface area (Å²) >= 11 is 0. The smallest absolute Gasteiger partial charge is 0.119 e. The lowest BCUT2D eigenvalue weighted by atomic mass is 10.2. The van der Waals surface area contributed by atoms with Gasteiger partial charge in [-0.25, -0.2) is 0 Å². The lowest BCUT2D eigenvalue weighted by molar-refractivity contribution is 0.340. The first-order chi connectivity index (χ1) is 8.28. The van der Waals surface area contributed by atoms with E-state index in [4.69, 9.17) is 10.5 Å². The van der Waals surface area contributed by atoms with Gasteiger partial charge in [-0.05, 0) is 55.5 Å². The van der Waals surface area contributed by atoms with E-state index in [0.29, 0.717) is 6.61 Å². The highest BCUT2D eigenvalue weighted by molar-refractivity contribution is 5.62. The van der Waals surface area contributed by atoms with Crippen molar-refractivity contribution in [2.24, 2.45) is 0 Å². The van der Waals surface area contributed by atoms with Crippen LogP contribution in [0.3, 0.4) is 0 Å². The fraction of sp³-hybridized carbons (Fsp3) is 0.143. The summed E-state index contributed by atoms with van der Waals surface area (Å²) in [5, 5.41) is 3.29. The summed E-state index contributed by atoms with van der Waals surface area (Å²) in [6.07, 6.45) is 0. The van der Waals surface area contributed by atoms with Crippen molar-refractivity contribution in [3.05, 3.63) is 48.5 Å². The molecule has 88 valence electrons. The first-order valence-electron chi connectivity index (χ1n) is 5.63. The van der Waals surface area contributed by atoms with Crippen molar-refractivity contribution in [3.63, 3.8) is 0 Å². The molecular formula is C14H16N2O. The van der Waals surface area contributed by atoms with Crippen LogP contribution in [0.2, 0.25) is 0 Å². The molecule has 0 bridgehead atoms. The number of nitrogens with one attached hydrogen (secondary N) is 1. The van der Waals surface area contributed by atoms with E-state index in [-0.39, 0.29) is 0 Å². The number of benzene rings is 2. The lowest BCUT2D eigenvalue weighted by Gasteiger charge is -2.08. The quantitative estimate of drug-likeness (QED) is 0.788. The van der Waals surface area contributed by atoms with Crippen molar-refractivity contribution in [2.75, 3.05) is 17.7 Å². The highest BCUT2D eigenvalue weighted by Gasteiger charge is 1.96. The molecule has 0 fully saturated rings. The maximum atomic E-state index is 5.63. The monoisotopic (exact) mass is 228 g/mol. The van der Waals surface area contributed by atoms with E-state index < -0.39 is 0 Å². The number of rotatable bonds is 4. The van der Waals surface area contributed by atoms with Gasteiger partial charge in [0.2, 0.25) is 0 Å². The Hall–Kier alpha value is -2.16. The summed E-state index contributed by atoms with van der Waals surface area (Å²) in [7, 11) is 0. The van der Waals surface area contributed by atoms with Crippen LogP contribution in [0.15, 0.2) is 48.5 Å². The third-order valence-electron chi connectivity index (χ3n) is 2.36. The van der Waals surface area contributed by atoms with Crippen molar-refractivity contribution in [2.45, 2.75) is 6.92 Å². The molecule has 2 aromatic rings. The molecule has 0 aliphatic heterocycles. The third-order valence-corrected chi connectivity index (χ3v) is 2.36. The molecule has 0 atom stereocenters. The van der Waals surface area contributed by atoms with E-state index in [2.05, 4.69) is 5.32 Å². The Morgan fingerprint density at radius 2 is 1.47 bits per heavy atom. The molecule has 2 aromatic carbocycles. The molecule has 17 heavy (non-hydrogen) atoms. The van der Waals surface area contributed by atoms with E-state index in [1.165, 1.54) is 0 Å². The predicted octanol–water partition coefficient (Wildman–Crippen LogP) is 3.41. The molecule has 2 rings (SSSR count). The Kier molecular flexibility index (Phi) is 3.50. The largest absolute Gasteiger partial charge is 0.494 e. The van der Waals surface area contributed by atoms with Crippen molar-refractivity contribution < 1.29 is 4.74 Å². The van der Waals surface area contributed by atoms with Gasteiger partial charge in [0, 0.05) is 17.1 Å². The third kappa shape index (κ3) is 3.14. The van der Waals surface area contributed by atoms with Gasteiger partial charge in [0.05, 0.1) is 6.61 Å². The topological polar surface area (TPSA) is 47.3 Å². The van der Waals surface area contributed by atoms with Gasteiger partial charge >= 0.3 is 0 Å². The van der Waals surface area contributed by atoms with Crippen molar-refractivity contribution in [3.8, 4) is 5.75 Å². The zero-order chi connectivity index (χ0) is 12.1. The Labute approximate surface area is 101 Å². The Morgan fingerprint density at radius 1 is 0.941 bits per heavy atom. The molecule has 3 N–H and O–H groups in total. The standard InChI is InChI=1S/C14H16N2O/c1-2-17-14-9-7-13(8-10-14)16-12-5-3-11(15)4-6-12/h3-10,16H,2,15H2,1H3. The van der Waals surface area contributed by atoms with Crippen LogP contribution in [0.5, 0.6) is 5.75 Å². The molecule has 0 aliphatic rings. The minimum atomic E-state index is 0.685. The van der Waals surface area contributed by atoms with Gasteiger partial charge < -0.3 is 15.8 Å². The fourth-order valence-electron chi connectivity index (χ4n) is 1.53. The van der Waals surface area contributed by atoms with Crippen LogP contribution in [0.4, 0.5) is 17.1 Å². The van der Waals surface area contributed by atoms with Gasteiger partial charge in [-0.15, -0.1) is 0 Å². The molecule has 0 amide bonds. The van der Waals surface area contributed by atoms with Crippen LogP contribution in [-0.4, -0.2) is 6.61 Å². The fourth-order valence-corrected chi connectivity index (χ4v) is 1.53. The maximum absolute atomic E-state index is 5.63. The van der Waals surface area contributed by atoms with Gasteiger partial charge in [0.25, 0.3) is 0 Å². The molecular weight excluding hydrogens is 212 g/mol. The second-order valence-electron chi connectivity index (χ2n) is 3.70. The summed E-state index contributed by atoms with van der Waals surface area (Å²) in [6.45, 7) is 2.66. The average Bonchev–Trinajstić information content (AvgIpc) is 2.35. The molecule has 3 nitrogen and oxygen atoms in total. The number of nitrogen functional groups attached to an aromatic ring is 1. The SMILES string of the molecule is CCOc1ccc(Nc2ccc(N)cc2)cc1. The molecule has 0 unspecified atom stereocenters. The molecule has 3 heteroatoms. The minimum Gasteiger partial charge on any atom is -0.494 e. The van der Waals surface area contributed by atoms with Crippen molar-refractivity contribution >= 4 is 17.1 Å². The Bertz CT molecular complexity index is 463. The van der Waals surface area contributed by atoms with Gasteiger partial charge in [-0.3, -0.25) is 0 Å². The predicted molar refractivity (Wildman–Crippen MR) is 71.7 cm³/mol. The summed E-state index contributed by atoms with van der Waals surface area (Å²) in [4.78, 5) is 0. The Balaban J connectivity index is 2.05. The second-order valence-corrected chi connectivity index (χ2v) is 3.70. The summed E-state index contributed by atoms with van der Waals surface area (Å²) < 4.78 is 5.38. The van der Waals surface area contributed by atoms with Gasteiger partial charge in [-0.2, -0.15) is 0 Å². The van der Waals surface area contributed by atoms with E-state index in [0.717, 1.165) is 22.8 Å². The molecule has 0 heterocycles. The van der Waals surface area contributed by atoms with Crippen LogP contribution >= 0.6 is 0 Å². The van der Waals surface area contributed by atoms with E-state index in [1.807, 2.05) is 55.5 Å². The lowest BCUT2D eigenvalue weighted by Crippen LogP contribution is -1.93. The first-order valence-corrected chi connectivity index (χ1v) is 5.63. The van der Waals surface area contributed by atoms with E-state index in [9.17, 15) is 0 Å². The molecule has 0 spiro atoms. The van der Waals surface area contributed by atoms with Crippen molar-refractivity contribution in [1.82, 2.24) is 0 Å². The molecule has 0 saturated heterocycles. The van der Waals surface area contributed by atoms with Crippen LogP contribution < -0.4 is 15.8 Å². The number of nitrogens with two attached hydrogens (primary N) is 1. The second kappa shape index (κ2) is 5.25. The van der Waals surface area contributed by atoms with Crippen molar-refractivity contribution in [1.29, 1.82) is 0 Å². The first kappa shape index (κ1) is 11.3. The average molecular weight is 228 g/mol. The van der Waals surface area contributed by atoms with E-state index >= 15 is 0 Å². The summed E-state index contributed by atoms with van der Waals surface area (Å²) in [6, 6.07) is 15.5. The summed E-state index contributed by atoms with van der Waals surface area (Å²) in [5.41, 5.74) is 8.44. The normalized spacial score (nSPS) is 9.94.